The van der Waals surface area contributed by atoms with Crippen LogP contribution in [-0.4, -0.2) is 40.3 Å². The number of halogens is 1. The molecule has 0 aliphatic carbocycles. The Bertz CT molecular complexity index is 253. The zero-order chi connectivity index (χ0) is 10.9. The molecule has 0 saturated carbocycles. The fourth-order valence-electron chi connectivity index (χ4n) is 2.43. The average molecular weight is 248 g/mol. The van der Waals surface area contributed by atoms with Crippen molar-refractivity contribution in [3.05, 3.63) is 0 Å². The van der Waals surface area contributed by atoms with Gasteiger partial charge in [-0.2, -0.15) is 0 Å². The minimum Gasteiger partial charge on any atom is -0.341 e. The van der Waals surface area contributed by atoms with Crippen LogP contribution in [0.3, 0.4) is 0 Å². The molecule has 0 bridgehead atoms. The van der Waals surface area contributed by atoms with Gasteiger partial charge in [0.1, 0.15) is 0 Å². The van der Waals surface area contributed by atoms with Crippen LogP contribution in [0.1, 0.15) is 26.2 Å². The molecule has 86 valence electrons. The molecule has 2 aliphatic heterocycles. The van der Waals surface area contributed by atoms with Gasteiger partial charge in [-0.3, -0.25) is 4.79 Å². The molecular weight excluding hydrogens is 230 g/mol. The first-order valence-corrected chi connectivity index (χ1v) is 7.17. The van der Waals surface area contributed by atoms with Gasteiger partial charge in [-0.05, 0) is 37.9 Å². The molecule has 2 nitrogen and oxygen atoms in total. The molecule has 2 heterocycles. The lowest BCUT2D eigenvalue weighted by atomic mass is 10.0. The van der Waals surface area contributed by atoms with Gasteiger partial charge in [-0.15, -0.1) is 23.4 Å². The molecule has 2 saturated heterocycles. The van der Waals surface area contributed by atoms with Crippen molar-refractivity contribution in [3.8, 4) is 0 Å². The molecular formula is C11H18ClNOS. The van der Waals surface area contributed by atoms with Crippen molar-refractivity contribution in [2.24, 2.45) is 5.92 Å². The Labute approximate surface area is 101 Å². The second kappa shape index (κ2) is 4.54. The predicted octanol–water partition coefficient (Wildman–Crippen LogP) is 2.36. The fraction of sp³-hybridized carbons (Fsp3) is 0.909. The van der Waals surface area contributed by atoms with Crippen LogP contribution in [0.25, 0.3) is 0 Å². The molecule has 2 rings (SSSR count). The van der Waals surface area contributed by atoms with Crippen molar-refractivity contribution < 1.29 is 4.79 Å². The van der Waals surface area contributed by atoms with E-state index in [4.69, 9.17) is 11.6 Å². The quantitative estimate of drug-likeness (QED) is 0.699. The number of rotatable bonds is 2. The highest BCUT2D eigenvalue weighted by Crippen LogP contribution is 2.40. The van der Waals surface area contributed by atoms with E-state index in [9.17, 15) is 4.79 Å². The normalized spacial score (nSPS) is 36.1. The third-order valence-electron chi connectivity index (χ3n) is 3.46. The van der Waals surface area contributed by atoms with Crippen LogP contribution in [-0.2, 0) is 4.79 Å². The molecule has 2 aliphatic rings. The highest BCUT2D eigenvalue weighted by Gasteiger charge is 2.41. The van der Waals surface area contributed by atoms with Gasteiger partial charge in [-0.25, -0.2) is 0 Å². The van der Waals surface area contributed by atoms with E-state index in [1.807, 2.05) is 16.7 Å². The summed E-state index contributed by atoms with van der Waals surface area (Å²) >= 11 is 7.65. The first kappa shape index (κ1) is 11.6. The van der Waals surface area contributed by atoms with Gasteiger partial charge in [0.15, 0.2) is 0 Å². The highest BCUT2D eigenvalue weighted by molar-refractivity contribution is 8.01. The molecule has 0 radical (unpaired) electrons. The van der Waals surface area contributed by atoms with Gasteiger partial charge < -0.3 is 4.90 Å². The van der Waals surface area contributed by atoms with E-state index in [-0.39, 0.29) is 4.75 Å². The largest absolute Gasteiger partial charge is 0.341 e. The van der Waals surface area contributed by atoms with Crippen molar-refractivity contribution in [1.82, 2.24) is 4.90 Å². The molecule has 2 fully saturated rings. The van der Waals surface area contributed by atoms with E-state index in [0.717, 1.165) is 31.7 Å². The van der Waals surface area contributed by atoms with E-state index < -0.39 is 0 Å². The molecule has 0 aromatic rings. The maximum atomic E-state index is 12.3. The minimum absolute atomic E-state index is 0.138. The summed E-state index contributed by atoms with van der Waals surface area (Å²) in [5.41, 5.74) is 0. The fourth-order valence-corrected chi connectivity index (χ4v) is 3.96. The molecule has 1 amide bonds. The summed E-state index contributed by atoms with van der Waals surface area (Å²) in [5, 5.41) is 0. The monoisotopic (exact) mass is 247 g/mol. The second-order valence-corrected chi connectivity index (χ2v) is 6.65. The van der Waals surface area contributed by atoms with E-state index in [2.05, 4.69) is 6.92 Å². The van der Waals surface area contributed by atoms with Gasteiger partial charge >= 0.3 is 0 Å². The zero-order valence-electron chi connectivity index (χ0n) is 9.17. The van der Waals surface area contributed by atoms with Crippen LogP contribution in [0.15, 0.2) is 0 Å². The predicted molar refractivity (Wildman–Crippen MR) is 65.5 cm³/mol. The van der Waals surface area contributed by atoms with Crippen LogP contribution in [0.5, 0.6) is 0 Å². The topological polar surface area (TPSA) is 20.3 Å². The molecule has 4 heteroatoms. The number of likely N-dealkylation sites (tertiary alicyclic amines) is 1. The number of hydrogen-bond acceptors (Lipinski definition) is 2. The summed E-state index contributed by atoms with van der Waals surface area (Å²) < 4.78 is -0.138. The van der Waals surface area contributed by atoms with Gasteiger partial charge in [0.25, 0.3) is 0 Å². The first-order valence-electron chi connectivity index (χ1n) is 5.65. The summed E-state index contributed by atoms with van der Waals surface area (Å²) in [6.45, 7) is 3.88. The van der Waals surface area contributed by atoms with Gasteiger partial charge in [0, 0.05) is 19.0 Å². The third-order valence-corrected chi connectivity index (χ3v) is 5.41. The van der Waals surface area contributed by atoms with E-state index >= 15 is 0 Å². The summed E-state index contributed by atoms with van der Waals surface area (Å²) in [6, 6.07) is 0. The number of thioether (sulfide) groups is 1. The molecule has 2 atom stereocenters. The Morgan fingerprint density at radius 1 is 1.67 bits per heavy atom. The SMILES string of the molecule is CC1(C(=O)N2CCC(CCl)C2)CCCS1. The van der Waals surface area contributed by atoms with E-state index in [1.165, 1.54) is 6.42 Å². The van der Waals surface area contributed by atoms with Crippen LogP contribution >= 0.6 is 23.4 Å². The molecule has 0 aromatic heterocycles. The Balaban J connectivity index is 1.96. The van der Waals surface area contributed by atoms with Crippen molar-refractivity contribution in [2.75, 3.05) is 24.7 Å². The minimum atomic E-state index is -0.138. The maximum Gasteiger partial charge on any atom is 0.238 e. The number of alkyl halides is 1. The first-order chi connectivity index (χ1) is 7.15. The molecule has 0 N–H and O–H groups in total. The smallest absolute Gasteiger partial charge is 0.238 e. The second-order valence-electron chi connectivity index (χ2n) is 4.74. The highest BCUT2D eigenvalue weighted by atomic mass is 35.5. The molecule has 2 unspecified atom stereocenters. The lowest BCUT2D eigenvalue weighted by molar-refractivity contribution is -0.132. The van der Waals surface area contributed by atoms with Crippen LogP contribution in [0.2, 0.25) is 0 Å². The Hall–Kier alpha value is 0.110. The maximum absolute atomic E-state index is 12.3. The summed E-state index contributed by atoms with van der Waals surface area (Å²) in [6.07, 6.45) is 3.30. The van der Waals surface area contributed by atoms with Gasteiger partial charge in [-0.1, -0.05) is 0 Å². The lowest BCUT2D eigenvalue weighted by Gasteiger charge is -2.28. The van der Waals surface area contributed by atoms with Gasteiger partial charge in [0.05, 0.1) is 4.75 Å². The number of nitrogens with zero attached hydrogens (tertiary/aromatic N) is 1. The Kier molecular flexibility index (Phi) is 3.51. The molecule has 0 aromatic carbocycles. The van der Waals surface area contributed by atoms with E-state index in [0.29, 0.717) is 17.7 Å². The number of amides is 1. The average Bonchev–Trinajstić information content (AvgIpc) is 2.85. The summed E-state index contributed by atoms with van der Waals surface area (Å²) in [4.78, 5) is 14.3. The molecule has 0 spiro atoms. The van der Waals surface area contributed by atoms with Crippen molar-refractivity contribution in [3.63, 3.8) is 0 Å². The van der Waals surface area contributed by atoms with Crippen LogP contribution < -0.4 is 0 Å². The number of hydrogen-bond donors (Lipinski definition) is 0. The van der Waals surface area contributed by atoms with Crippen molar-refractivity contribution >= 4 is 29.3 Å². The molecule has 15 heavy (non-hydrogen) atoms. The van der Waals surface area contributed by atoms with E-state index in [1.54, 1.807) is 0 Å². The third kappa shape index (κ3) is 2.28. The van der Waals surface area contributed by atoms with Crippen LogP contribution in [0.4, 0.5) is 0 Å². The zero-order valence-corrected chi connectivity index (χ0v) is 10.7. The summed E-state index contributed by atoms with van der Waals surface area (Å²) in [7, 11) is 0. The van der Waals surface area contributed by atoms with Crippen molar-refractivity contribution in [1.29, 1.82) is 0 Å². The van der Waals surface area contributed by atoms with Crippen LogP contribution in [0, 0.1) is 5.92 Å². The lowest BCUT2D eigenvalue weighted by Crippen LogP contribution is -2.42. The Morgan fingerprint density at radius 2 is 2.47 bits per heavy atom. The van der Waals surface area contributed by atoms with Crippen molar-refractivity contribution in [2.45, 2.75) is 30.9 Å². The number of carbonyl (C=O) groups excluding carboxylic acids is 1. The summed E-state index contributed by atoms with van der Waals surface area (Å²) in [5.74, 6) is 2.69. The number of carbonyl (C=O) groups is 1. The van der Waals surface area contributed by atoms with Gasteiger partial charge in [0.2, 0.25) is 5.91 Å². The Morgan fingerprint density at radius 3 is 3.00 bits per heavy atom. The standard InChI is InChI=1S/C11H18ClNOS/c1-11(4-2-6-15-11)10(14)13-5-3-9(7-12)8-13/h9H,2-8H2,1H3.